The molecule has 0 radical (unpaired) electrons. The molecule has 0 spiro atoms. The van der Waals surface area contributed by atoms with E-state index in [1.807, 2.05) is 6.92 Å². The first kappa shape index (κ1) is 17.4. The van der Waals surface area contributed by atoms with E-state index in [0.717, 1.165) is 24.6 Å². The normalized spacial score (nSPS) is 12.9. The number of aliphatic carboxylic acids is 1. The molecule has 6 nitrogen and oxygen atoms in total. The van der Waals surface area contributed by atoms with Crippen LogP contribution in [0.2, 0.25) is 0 Å². The molecule has 0 amide bonds. The number of nitrogens with one attached hydrogen (secondary N) is 1. The number of carbonyl (C=O) groups is 1. The highest BCUT2D eigenvalue weighted by molar-refractivity contribution is 7.89. The van der Waals surface area contributed by atoms with Gasteiger partial charge in [0, 0.05) is 6.07 Å². The van der Waals surface area contributed by atoms with Gasteiger partial charge in [-0.1, -0.05) is 19.8 Å². The van der Waals surface area contributed by atoms with Crippen molar-refractivity contribution in [3.63, 3.8) is 0 Å². The van der Waals surface area contributed by atoms with E-state index in [-0.39, 0.29) is 17.1 Å². The summed E-state index contributed by atoms with van der Waals surface area (Å²) in [5, 5.41) is 9.04. The smallest absolute Gasteiger partial charge is 0.321 e. The standard InChI is InChI=1S/C13H18FNO5S/c1-3-4-5-11(13(16)17)15-21(18,19)9-6-7-10(14)12(8-9)20-2/h6-8,11,15H,3-5H2,1-2H3,(H,16,17). The van der Waals surface area contributed by atoms with Crippen LogP contribution in [0.1, 0.15) is 26.2 Å². The fraction of sp³-hybridized carbons (Fsp3) is 0.462. The summed E-state index contributed by atoms with van der Waals surface area (Å²) >= 11 is 0. The summed E-state index contributed by atoms with van der Waals surface area (Å²) in [6.45, 7) is 1.87. The van der Waals surface area contributed by atoms with Gasteiger partial charge in [-0.05, 0) is 18.6 Å². The van der Waals surface area contributed by atoms with E-state index < -0.39 is 27.9 Å². The third kappa shape index (κ3) is 4.68. The van der Waals surface area contributed by atoms with Crippen molar-refractivity contribution in [2.45, 2.75) is 37.1 Å². The molecule has 0 saturated carbocycles. The third-order valence-electron chi connectivity index (χ3n) is 2.87. The number of ether oxygens (including phenoxy) is 1. The first-order chi connectivity index (χ1) is 9.81. The van der Waals surface area contributed by atoms with Crippen LogP contribution in [0.25, 0.3) is 0 Å². The van der Waals surface area contributed by atoms with Crippen molar-refractivity contribution in [2.75, 3.05) is 7.11 Å². The molecule has 0 aliphatic heterocycles. The Bertz CT molecular complexity index is 603. The minimum absolute atomic E-state index is 0.184. The van der Waals surface area contributed by atoms with E-state index in [9.17, 15) is 17.6 Å². The van der Waals surface area contributed by atoms with Gasteiger partial charge in [0.2, 0.25) is 10.0 Å². The zero-order valence-electron chi connectivity index (χ0n) is 11.8. The van der Waals surface area contributed by atoms with Crippen LogP contribution < -0.4 is 9.46 Å². The van der Waals surface area contributed by atoms with Crippen LogP contribution in [-0.2, 0) is 14.8 Å². The molecule has 1 aromatic carbocycles. The maximum absolute atomic E-state index is 13.3. The van der Waals surface area contributed by atoms with Gasteiger partial charge in [-0.15, -0.1) is 0 Å². The Kier molecular flexibility index (Phi) is 6.10. The van der Waals surface area contributed by atoms with E-state index in [2.05, 4.69) is 4.72 Å². The van der Waals surface area contributed by atoms with Gasteiger partial charge in [-0.3, -0.25) is 4.79 Å². The summed E-state index contributed by atoms with van der Waals surface area (Å²) < 4.78 is 44.4. The number of hydrogen-bond acceptors (Lipinski definition) is 4. The third-order valence-corrected chi connectivity index (χ3v) is 4.34. The molecule has 1 rings (SSSR count). The summed E-state index contributed by atoms with van der Waals surface area (Å²) in [5.74, 6) is -2.17. The average Bonchev–Trinajstić information content (AvgIpc) is 2.43. The van der Waals surface area contributed by atoms with E-state index in [0.29, 0.717) is 6.42 Å². The number of carboxylic acids is 1. The van der Waals surface area contributed by atoms with Gasteiger partial charge in [-0.25, -0.2) is 12.8 Å². The summed E-state index contributed by atoms with van der Waals surface area (Å²) in [5.41, 5.74) is 0. The molecule has 1 unspecified atom stereocenters. The van der Waals surface area contributed by atoms with E-state index >= 15 is 0 Å². The van der Waals surface area contributed by atoms with Crippen LogP contribution in [0.3, 0.4) is 0 Å². The minimum Gasteiger partial charge on any atom is -0.494 e. The number of unbranched alkanes of at least 4 members (excludes halogenated alkanes) is 1. The van der Waals surface area contributed by atoms with Crippen molar-refractivity contribution < 1.29 is 27.4 Å². The largest absolute Gasteiger partial charge is 0.494 e. The highest BCUT2D eigenvalue weighted by Crippen LogP contribution is 2.21. The SMILES string of the molecule is CCCCC(NS(=O)(=O)c1ccc(F)c(OC)c1)C(=O)O. The minimum atomic E-state index is -4.06. The molecule has 0 aliphatic carbocycles. The fourth-order valence-corrected chi connectivity index (χ4v) is 2.94. The molecule has 0 aliphatic rings. The number of carboxylic acid groups (broad SMARTS) is 1. The quantitative estimate of drug-likeness (QED) is 0.761. The maximum Gasteiger partial charge on any atom is 0.321 e. The van der Waals surface area contributed by atoms with E-state index in [1.165, 1.54) is 7.11 Å². The predicted octanol–water partition coefficient (Wildman–Crippen LogP) is 1.76. The van der Waals surface area contributed by atoms with Gasteiger partial charge in [-0.2, -0.15) is 4.72 Å². The van der Waals surface area contributed by atoms with E-state index in [1.54, 1.807) is 0 Å². The Morgan fingerprint density at radius 1 is 1.48 bits per heavy atom. The number of halogens is 1. The number of rotatable bonds is 8. The lowest BCUT2D eigenvalue weighted by Gasteiger charge is -2.15. The lowest BCUT2D eigenvalue weighted by Crippen LogP contribution is -2.40. The Morgan fingerprint density at radius 2 is 2.14 bits per heavy atom. The summed E-state index contributed by atoms with van der Waals surface area (Å²) in [6, 6.07) is 1.80. The predicted molar refractivity (Wildman–Crippen MR) is 74.2 cm³/mol. The highest BCUT2D eigenvalue weighted by atomic mass is 32.2. The molecule has 1 atom stereocenters. The molecule has 0 heterocycles. The Balaban J connectivity index is 3.01. The molecule has 0 saturated heterocycles. The molecule has 1 aromatic rings. The zero-order valence-corrected chi connectivity index (χ0v) is 12.6. The summed E-state index contributed by atoms with van der Waals surface area (Å²) in [4.78, 5) is 10.8. The van der Waals surface area contributed by atoms with Crippen molar-refractivity contribution >= 4 is 16.0 Å². The van der Waals surface area contributed by atoms with Gasteiger partial charge >= 0.3 is 5.97 Å². The Labute approximate surface area is 123 Å². The molecule has 118 valence electrons. The lowest BCUT2D eigenvalue weighted by molar-refractivity contribution is -0.139. The van der Waals surface area contributed by atoms with Gasteiger partial charge < -0.3 is 9.84 Å². The van der Waals surface area contributed by atoms with Crippen molar-refractivity contribution in [2.24, 2.45) is 0 Å². The number of sulfonamides is 1. The molecular formula is C13H18FNO5S. The van der Waals surface area contributed by atoms with Crippen molar-refractivity contribution in [1.82, 2.24) is 4.72 Å². The number of benzene rings is 1. The van der Waals surface area contributed by atoms with Crippen molar-refractivity contribution in [1.29, 1.82) is 0 Å². The lowest BCUT2D eigenvalue weighted by atomic mass is 10.1. The van der Waals surface area contributed by atoms with Gasteiger partial charge in [0.05, 0.1) is 12.0 Å². The molecule has 0 aromatic heterocycles. The molecule has 2 N–H and O–H groups in total. The monoisotopic (exact) mass is 319 g/mol. The Morgan fingerprint density at radius 3 is 2.67 bits per heavy atom. The first-order valence-corrected chi connectivity index (χ1v) is 7.88. The topological polar surface area (TPSA) is 92.7 Å². The van der Waals surface area contributed by atoms with Crippen LogP contribution in [0, 0.1) is 5.82 Å². The van der Waals surface area contributed by atoms with Gasteiger partial charge in [0.1, 0.15) is 6.04 Å². The molecule has 21 heavy (non-hydrogen) atoms. The second-order valence-electron chi connectivity index (χ2n) is 4.45. The van der Waals surface area contributed by atoms with Crippen molar-refractivity contribution in [3.8, 4) is 5.75 Å². The van der Waals surface area contributed by atoms with E-state index in [4.69, 9.17) is 9.84 Å². The Hall–Kier alpha value is -1.67. The van der Waals surface area contributed by atoms with Crippen LogP contribution >= 0.6 is 0 Å². The summed E-state index contributed by atoms with van der Waals surface area (Å²) in [6.07, 6.45) is 1.51. The van der Waals surface area contributed by atoms with Crippen molar-refractivity contribution in [3.05, 3.63) is 24.0 Å². The van der Waals surface area contributed by atoms with Crippen LogP contribution in [0.5, 0.6) is 5.75 Å². The zero-order chi connectivity index (χ0) is 16.0. The first-order valence-electron chi connectivity index (χ1n) is 6.40. The highest BCUT2D eigenvalue weighted by Gasteiger charge is 2.25. The van der Waals surface area contributed by atoms with Gasteiger partial charge in [0.25, 0.3) is 0 Å². The molecular weight excluding hydrogens is 301 g/mol. The second-order valence-corrected chi connectivity index (χ2v) is 6.16. The van der Waals surface area contributed by atoms with Crippen LogP contribution in [0.4, 0.5) is 4.39 Å². The number of methoxy groups -OCH3 is 1. The molecule has 0 fully saturated rings. The molecule has 0 bridgehead atoms. The maximum atomic E-state index is 13.3. The summed E-state index contributed by atoms with van der Waals surface area (Å²) in [7, 11) is -2.85. The average molecular weight is 319 g/mol. The second kappa shape index (κ2) is 7.37. The van der Waals surface area contributed by atoms with Crippen LogP contribution in [-0.4, -0.2) is 32.6 Å². The molecule has 8 heteroatoms. The number of hydrogen-bond donors (Lipinski definition) is 2. The van der Waals surface area contributed by atoms with Crippen LogP contribution in [0.15, 0.2) is 23.1 Å². The van der Waals surface area contributed by atoms with Gasteiger partial charge in [0.15, 0.2) is 11.6 Å². The fourth-order valence-electron chi connectivity index (χ4n) is 1.70.